The maximum Gasteiger partial charge on any atom is 0.217 e. The van der Waals surface area contributed by atoms with Gasteiger partial charge in [0.25, 0.3) is 0 Å². The minimum Gasteiger partial charge on any atom is -0.298 e. The van der Waals surface area contributed by atoms with Crippen LogP contribution in [0.3, 0.4) is 0 Å². The molecule has 0 aromatic carbocycles. The Balaban J connectivity index is 3.75. The number of rotatable bonds is 9. The van der Waals surface area contributed by atoms with Crippen LogP contribution in [0.5, 0.6) is 0 Å². The number of carbonyl (C=O) groups is 1. The van der Waals surface area contributed by atoms with Gasteiger partial charge in [-0.05, 0) is 12.8 Å². The van der Waals surface area contributed by atoms with E-state index in [1.54, 1.807) is 4.90 Å². The maximum atomic E-state index is 10.7. The Morgan fingerprint density at radius 1 is 0.933 bits per heavy atom. The molecule has 0 saturated carbocycles. The fraction of sp³-hybridized carbons (Fsp3) is 0.615. The molecule has 15 heavy (non-hydrogen) atoms. The van der Waals surface area contributed by atoms with Crippen LogP contribution in [-0.2, 0) is 4.79 Å². The lowest BCUT2D eigenvalue weighted by molar-refractivity contribution is -0.114. The van der Waals surface area contributed by atoms with Crippen LogP contribution in [0, 0.1) is 0 Å². The second-order valence-corrected chi connectivity index (χ2v) is 3.61. The summed E-state index contributed by atoms with van der Waals surface area (Å²) in [5.41, 5.74) is 0. The predicted octanol–water partition coefficient (Wildman–Crippen LogP) is 3.85. The van der Waals surface area contributed by atoms with Crippen LogP contribution >= 0.6 is 0 Å². The van der Waals surface area contributed by atoms with E-state index in [4.69, 9.17) is 0 Å². The molecule has 0 aromatic heterocycles. The second-order valence-electron chi connectivity index (χ2n) is 3.61. The molecule has 0 atom stereocenters. The highest BCUT2D eigenvalue weighted by Gasteiger charge is 1.88. The lowest BCUT2D eigenvalue weighted by atomic mass is 10.2. The molecule has 0 bridgehead atoms. The zero-order valence-electron chi connectivity index (χ0n) is 9.98. The molecule has 0 unspecified atom stereocenters. The number of unbranched alkanes of at least 4 members (excludes halogenated alkanes) is 4. The Labute approximate surface area is 93.7 Å². The highest BCUT2D eigenvalue weighted by atomic mass is 16.1. The third kappa shape index (κ3) is 9.26. The molecule has 0 aliphatic rings. The summed E-state index contributed by atoms with van der Waals surface area (Å²) in [4.78, 5) is 12.2. The van der Waals surface area contributed by atoms with Gasteiger partial charge in [-0.1, -0.05) is 51.7 Å². The molecule has 0 radical (unpaired) electrons. The molecule has 0 fully saturated rings. The average molecular weight is 209 g/mol. The van der Waals surface area contributed by atoms with E-state index in [1.807, 2.05) is 24.6 Å². The van der Waals surface area contributed by atoms with Crippen LogP contribution in [0.4, 0.5) is 0 Å². The van der Waals surface area contributed by atoms with Crippen LogP contribution in [0.25, 0.3) is 0 Å². The molecule has 0 N–H and O–H groups in total. The first-order chi connectivity index (χ1) is 7.35. The number of nitrogens with zero attached hydrogens (tertiary/aromatic N) is 1. The molecule has 0 aliphatic heterocycles. The van der Waals surface area contributed by atoms with Gasteiger partial charge in [-0.3, -0.25) is 9.69 Å². The van der Waals surface area contributed by atoms with Crippen molar-refractivity contribution in [3.8, 4) is 0 Å². The van der Waals surface area contributed by atoms with Crippen molar-refractivity contribution < 1.29 is 4.79 Å². The number of allylic oxidation sites excluding steroid dienone is 2. The van der Waals surface area contributed by atoms with Crippen LogP contribution in [0.2, 0.25) is 0 Å². The Bertz CT molecular complexity index is 179. The SMILES string of the molecule is CCCCC=CN(C=O)C=CCCCC. The zero-order valence-corrected chi connectivity index (χ0v) is 9.98. The quantitative estimate of drug-likeness (QED) is 0.417. The van der Waals surface area contributed by atoms with E-state index in [1.165, 1.54) is 25.7 Å². The van der Waals surface area contributed by atoms with Crippen molar-refractivity contribution >= 4 is 6.41 Å². The van der Waals surface area contributed by atoms with E-state index in [0.29, 0.717) is 0 Å². The van der Waals surface area contributed by atoms with Crippen molar-refractivity contribution in [2.24, 2.45) is 0 Å². The zero-order chi connectivity index (χ0) is 11.4. The molecule has 0 aromatic rings. The predicted molar refractivity (Wildman–Crippen MR) is 65.2 cm³/mol. The molecule has 2 heteroatoms. The van der Waals surface area contributed by atoms with E-state index >= 15 is 0 Å². The minimum absolute atomic E-state index is 0.838. The van der Waals surface area contributed by atoms with Gasteiger partial charge >= 0.3 is 0 Å². The van der Waals surface area contributed by atoms with E-state index in [-0.39, 0.29) is 0 Å². The van der Waals surface area contributed by atoms with Gasteiger partial charge in [-0.25, -0.2) is 0 Å². The van der Waals surface area contributed by atoms with Gasteiger partial charge < -0.3 is 0 Å². The summed E-state index contributed by atoms with van der Waals surface area (Å²) in [6, 6.07) is 0. The molecule has 0 rings (SSSR count). The first-order valence-electron chi connectivity index (χ1n) is 5.91. The molecule has 1 amide bonds. The average Bonchev–Trinajstić information content (AvgIpc) is 2.27. The summed E-state index contributed by atoms with van der Waals surface area (Å²) < 4.78 is 0. The van der Waals surface area contributed by atoms with Gasteiger partial charge in [-0.15, -0.1) is 0 Å². The number of hydrogen-bond acceptors (Lipinski definition) is 1. The molecule has 0 heterocycles. The van der Waals surface area contributed by atoms with Gasteiger partial charge in [-0.2, -0.15) is 0 Å². The highest BCUT2D eigenvalue weighted by molar-refractivity contribution is 5.50. The van der Waals surface area contributed by atoms with E-state index in [9.17, 15) is 4.79 Å². The molecule has 0 aliphatic carbocycles. The third-order valence-corrected chi connectivity index (χ3v) is 2.13. The molecular weight excluding hydrogens is 186 g/mol. The molecule has 86 valence electrons. The Morgan fingerprint density at radius 3 is 1.73 bits per heavy atom. The van der Waals surface area contributed by atoms with E-state index in [2.05, 4.69) is 13.8 Å². The van der Waals surface area contributed by atoms with E-state index < -0.39 is 0 Å². The van der Waals surface area contributed by atoms with Crippen molar-refractivity contribution in [1.29, 1.82) is 0 Å². The summed E-state index contributed by atoms with van der Waals surface area (Å²) in [5.74, 6) is 0. The van der Waals surface area contributed by atoms with Crippen LogP contribution < -0.4 is 0 Å². The largest absolute Gasteiger partial charge is 0.298 e. The number of carbonyl (C=O) groups excluding carboxylic acids is 1. The third-order valence-electron chi connectivity index (χ3n) is 2.13. The Morgan fingerprint density at radius 2 is 1.40 bits per heavy atom. The summed E-state index contributed by atoms with van der Waals surface area (Å²) in [7, 11) is 0. The topological polar surface area (TPSA) is 20.3 Å². The van der Waals surface area contributed by atoms with Gasteiger partial charge in [0, 0.05) is 12.4 Å². The number of hydrogen-bond donors (Lipinski definition) is 0. The standard InChI is InChI=1S/C13H23NO/c1-3-5-7-9-11-14(13-15)12-10-8-6-4-2/h9-13H,3-8H2,1-2H3. The summed E-state index contributed by atoms with van der Waals surface area (Å²) in [6.45, 7) is 4.33. The van der Waals surface area contributed by atoms with Crippen LogP contribution in [-0.4, -0.2) is 11.3 Å². The van der Waals surface area contributed by atoms with Crippen LogP contribution in [0.1, 0.15) is 52.4 Å². The fourth-order valence-electron chi connectivity index (χ4n) is 1.16. The van der Waals surface area contributed by atoms with Gasteiger partial charge in [0.2, 0.25) is 6.41 Å². The molecule has 0 spiro atoms. The normalized spacial score (nSPS) is 11.3. The van der Waals surface area contributed by atoms with Crippen molar-refractivity contribution in [1.82, 2.24) is 4.90 Å². The van der Waals surface area contributed by atoms with Crippen molar-refractivity contribution in [2.75, 3.05) is 0 Å². The van der Waals surface area contributed by atoms with Gasteiger partial charge in [0.05, 0.1) is 0 Å². The fourth-order valence-corrected chi connectivity index (χ4v) is 1.16. The highest BCUT2D eigenvalue weighted by Crippen LogP contribution is 1.99. The first-order valence-corrected chi connectivity index (χ1v) is 5.91. The monoisotopic (exact) mass is 209 g/mol. The lowest BCUT2D eigenvalue weighted by Gasteiger charge is -2.04. The van der Waals surface area contributed by atoms with Gasteiger partial charge in [0.15, 0.2) is 0 Å². The summed E-state index contributed by atoms with van der Waals surface area (Å²) >= 11 is 0. The van der Waals surface area contributed by atoms with Crippen molar-refractivity contribution in [3.63, 3.8) is 0 Å². The van der Waals surface area contributed by atoms with Crippen molar-refractivity contribution in [3.05, 3.63) is 24.6 Å². The smallest absolute Gasteiger partial charge is 0.217 e. The van der Waals surface area contributed by atoms with Gasteiger partial charge in [0.1, 0.15) is 0 Å². The van der Waals surface area contributed by atoms with E-state index in [0.717, 1.165) is 19.3 Å². The Kier molecular flexibility index (Phi) is 10.3. The first kappa shape index (κ1) is 13.9. The summed E-state index contributed by atoms with van der Waals surface area (Å²) in [6.07, 6.45) is 15.4. The molecular formula is C13H23NO. The maximum absolute atomic E-state index is 10.7. The minimum atomic E-state index is 0.838. The number of amides is 1. The lowest BCUT2D eigenvalue weighted by Crippen LogP contribution is -2.05. The second kappa shape index (κ2) is 11.0. The summed E-state index contributed by atoms with van der Waals surface area (Å²) in [5, 5.41) is 0. The molecule has 0 saturated heterocycles. The molecule has 2 nitrogen and oxygen atoms in total. The van der Waals surface area contributed by atoms with Crippen molar-refractivity contribution in [2.45, 2.75) is 52.4 Å². The van der Waals surface area contributed by atoms with Crippen LogP contribution in [0.15, 0.2) is 24.6 Å². The Hall–Kier alpha value is -1.05.